The van der Waals surface area contributed by atoms with Gasteiger partial charge in [-0.1, -0.05) is 13.8 Å². The molecule has 0 spiro atoms. The highest BCUT2D eigenvalue weighted by Crippen LogP contribution is 2.10. The summed E-state index contributed by atoms with van der Waals surface area (Å²) in [4.78, 5) is 29.8. The molecule has 0 aromatic carbocycles. The Kier molecular flexibility index (Phi) is 5.28. The van der Waals surface area contributed by atoms with E-state index in [1.54, 1.807) is 10.7 Å². The molecule has 2 amide bonds. The van der Waals surface area contributed by atoms with Gasteiger partial charge in [0.05, 0.1) is 6.20 Å². The molecule has 0 fully saturated rings. The summed E-state index contributed by atoms with van der Waals surface area (Å²) in [6, 6.07) is -0.751. The number of fused-ring (bicyclic) bond motifs is 1. The SMILES string of the molecule is CCN(CC)Cc1cnc2c(C(=O)N[C@H](C)C(N)=O)cnn2c1. The minimum absolute atomic E-state index is 0.312. The van der Waals surface area contributed by atoms with Crippen LogP contribution in [-0.4, -0.2) is 50.4 Å². The molecule has 8 nitrogen and oxygen atoms in total. The monoisotopic (exact) mass is 318 g/mol. The van der Waals surface area contributed by atoms with Crippen molar-refractivity contribution in [3.63, 3.8) is 0 Å². The summed E-state index contributed by atoms with van der Waals surface area (Å²) in [6.07, 6.45) is 5.03. The van der Waals surface area contributed by atoms with Crippen LogP contribution in [0.25, 0.3) is 5.65 Å². The minimum Gasteiger partial charge on any atom is -0.368 e. The Morgan fingerprint density at radius 2 is 2.04 bits per heavy atom. The van der Waals surface area contributed by atoms with E-state index in [4.69, 9.17) is 5.73 Å². The molecule has 0 saturated carbocycles. The fourth-order valence-corrected chi connectivity index (χ4v) is 2.21. The fourth-order valence-electron chi connectivity index (χ4n) is 2.21. The Balaban J connectivity index is 2.21. The summed E-state index contributed by atoms with van der Waals surface area (Å²) in [5, 5.41) is 6.69. The van der Waals surface area contributed by atoms with E-state index in [2.05, 4.69) is 34.1 Å². The number of primary amides is 1. The van der Waals surface area contributed by atoms with Crippen LogP contribution in [-0.2, 0) is 11.3 Å². The zero-order chi connectivity index (χ0) is 17.0. The summed E-state index contributed by atoms with van der Waals surface area (Å²) >= 11 is 0. The van der Waals surface area contributed by atoms with Crippen molar-refractivity contribution in [3.8, 4) is 0 Å². The van der Waals surface area contributed by atoms with Gasteiger partial charge >= 0.3 is 0 Å². The molecule has 0 radical (unpaired) electrons. The predicted octanol–water partition coefficient (Wildman–Crippen LogP) is 0.175. The quantitative estimate of drug-likeness (QED) is 0.757. The number of nitrogens with two attached hydrogens (primary N) is 1. The average Bonchev–Trinajstić information content (AvgIpc) is 2.95. The second kappa shape index (κ2) is 7.19. The van der Waals surface area contributed by atoms with Gasteiger partial charge in [0.15, 0.2) is 5.65 Å². The van der Waals surface area contributed by atoms with Gasteiger partial charge in [-0.15, -0.1) is 0 Å². The normalized spacial score (nSPS) is 12.5. The second-order valence-electron chi connectivity index (χ2n) is 5.35. The standard InChI is InChI=1S/C15H22N6O2/c1-4-20(5-2)8-11-6-17-14-12(7-18-21(14)9-11)15(23)19-10(3)13(16)22/h6-7,9-10H,4-5,8H2,1-3H3,(H2,16,22)(H,19,23)/t10-/m1/s1. The fraction of sp³-hybridized carbons (Fsp3) is 0.467. The molecular formula is C15H22N6O2. The molecule has 2 heterocycles. The molecular weight excluding hydrogens is 296 g/mol. The summed E-state index contributed by atoms with van der Waals surface area (Å²) < 4.78 is 1.57. The van der Waals surface area contributed by atoms with E-state index >= 15 is 0 Å². The highest BCUT2D eigenvalue weighted by Gasteiger charge is 2.18. The number of hydrogen-bond acceptors (Lipinski definition) is 5. The largest absolute Gasteiger partial charge is 0.368 e. The smallest absolute Gasteiger partial charge is 0.257 e. The predicted molar refractivity (Wildman–Crippen MR) is 85.7 cm³/mol. The van der Waals surface area contributed by atoms with Crippen LogP contribution in [0.5, 0.6) is 0 Å². The van der Waals surface area contributed by atoms with Gasteiger partial charge in [0.25, 0.3) is 5.91 Å². The van der Waals surface area contributed by atoms with Gasteiger partial charge < -0.3 is 11.1 Å². The Bertz CT molecular complexity index is 707. The van der Waals surface area contributed by atoms with Crippen LogP contribution in [0.3, 0.4) is 0 Å². The first-order valence-corrected chi connectivity index (χ1v) is 7.61. The molecule has 8 heteroatoms. The Labute approximate surface area is 134 Å². The minimum atomic E-state index is -0.751. The first-order chi connectivity index (χ1) is 11.0. The second-order valence-corrected chi connectivity index (χ2v) is 5.35. The molecule has 0 aliphatic rings. The average molecular weight is 318 g/mol. The van der Waals surface area contributed by atoms with E-state index in [1.807, 2.05) is 6.20 Å². The van der Waals surface area contributed by atoms with Gasteiger partial charge in [0.1, 0.15) is 11.6 Å². The van der Waals surface area contributed by atoms with Gasteiger partial charge in [-0.25, -0.2) is 9.50 Å². The van der Waals surface area contributed by atoms with Gasteiger partial charge in [0.2, 0.25) is 5.91 Å². The zero-order valence-electron chi connectivity index (χ0n) is 13.6. The molecule has 23 heavy (non-hydrogen) atoms. The maximum atomic E-state index is 12.2. The first kappa shape index (κ1) is 16.9. The van der Waals surface area contributed by atoms with Crippen molar-refractivity contribution in [2.45, 2.75) is 33.4 Å². The molecule has 3 N–H and O–H groups in total. The van der Waals surface area contributed by atoms with Crippen molar-refractivity contribution < 1.29 is 9.59 Å². The van der Waals surface area contributed by atoms with Crippen LogP contribution in [0.2, 0.25) is 0 Å². The number of carbonyl (C=O) groups excluding carboxylic acids is 2. The maximum absolute atomic E-state index is 12.2. The number of nitrogens with one attached hydrogen (secondary N) is 1. The third-order valence-electron chi connectivity index (χ3n) is 3.73. The molecule has 0 bridgehead atoms. The van der Waals surface area contributed by atoms with Crippen molar-refractivity contribution in [2.24, 2.45) is 5.73 Å². The third-order valence-corrected chi connectivity index (χ3v) is 3.73. The molecule has 1 atom stereocenters. The molecule has 2 aromatic rings. The lowest BCUT2D eigenvalue weighted by atomic mass is 10.2. The van der Waals surface area contributed by atoms with Crippen molar-refractivity contribution in [1.29, 1.82) is 0 Å². The van der Waals surface area contributed by atoms with E-state index in [1.165, 1.54) is 13.1 Å². The molecule has 0 aliphatic heterocycles. The molecule has 2 aromatic heterocycles. The van der Waals surface area contributed by atoms with Crippen LogP contribution in [0.1, 0.15) is 36.7 Å². The van der Waals surface area contributed by atoms with Crippen LogP contribution in [0.15, 0.2) is 18.6 Å². The van der Waals surface area contributed by atoms with Crippen LogP contribution < -0.4 is 11.1 Å². The van der Waals surface area contributed by atoms with E-state index in [0.29, 0.717) is 11.2 Å². The van der Waals surface area contributed by atoms with Gasteiger partial charge in [-0.3, -0.25) is 14.5 Å². The topological polar surface area (TPSA) is 106 Å². The van der Waals surface area contributed by atoms with Gasteiger partial charge in [0, 0.05) is 24.5 Å². The van der Waals surface area contributed by atoms with Crippen LogP contribution in [0, 0.1) is 0 Å². The van der Waals surface area contributed by atoms with Crippen LogP contribution in [0.4, 0.5) is 0 Å². The summed E-state index contributed by atoms with van der Waals surface area (Å²) in [7, 11) is 0. The summed E-state index contributed by atoms with van der Waals surface area (Å²) in [5.74, 6) is -1.01. The molecule has 124 valence electrons. The molecule has 0 saturated heterocycles. The van der Waals surface area contributed by atoms with Gasteiger partial charge in [-0.2, -0.15) is 5.10 Å². The third kappa shape index (κ3) is 3.84. The molecule has 0 unspecified atom stereocenters. The Hall–Kier alpha value is -2.48. The van der Waals surface area contributed by atoms with E-state index in [0.717, 1.165) is 25.2 Å². The number of amides is 2. The summed E-state index contributed by atoms with van der Waals surface area (Å²) in [6.45, 7) is 8.41. The van der Waals surface area contributed by atoms with Gasteiger partial charge in [-0.05, 0) is 20.0 Å². The highest BCUT2D eigenvalue weighted by molar-refractivity contribution is 6.01. The van der Waals surface area contributed by atoms with E-state index in [-0.39, 0.29) is 0 Å². The number of hydrogen-bond donors (Lipinski definition) is 2. The van der Waals surface area contributed by atoms with Crippen molar-refractivity contribution in [1.82, 2.24) is 24.8 Å². The maximum Gasteiger partial charge on any atom is 0.257 e. The lowest BCUT2D eigenvalue weighted by Gasteiger charge is -2.17. The Morgan fingerprint density at radius 1 is 1.35 bits per heavy atom. The lowest BCUT2D eigenvalue weighted by Crippen LogP contribution is -2.42. The van der Waals surface area contributed by atoms with Crippen molar-refractivity contribution in [3.05, 3.63) is 29.7 Å². The zero-order valence-corrected chi connectivity index (χ0v) is 13.6. The van der Waals surface area contributed by atoms with E-state index < -0.39 is 17.9 Å². The Morgan fingerprint density at radius 3 is 2.65 bits per heavy atom. The number of aromatic nitrogens is 3. The number of carbonyl (C=O) groups is 2. The number of rotatable bonds is 7. The lowest BCUT2D eigenvalue weighted by molar-refractivity contribution is -0.119. The highest BCUT2D eigenvalue weighted by atomic mass is 16.2. The van der Waals surface area contributed by atoms with Crippen LogP contribution >= 0.6 is 0 Å². The van der Waals surface area contributed by atoms with E-state index in [9.17, 15) is 9.59 Å². The summed E-state index contributed by atoms with van der Waals surface area (Å²) in [5.41, 5.74) is 6.92. The molecule has 0 aliphatic carbocycles. The van der Waals surface area contributed by atoms with Crippen molar-refractivity contribution >= 4 is 17.5 Å². The molecule has 2 rings (SSSR count). The first-order valence-electron chi connectivity index (χ1n) is 7.61. The van der Waals surface area contributed by atoms with Crippen molar-refractivity contribution in [2.75, 3.05) is 13.1 Å². The number of nitrogens with zero attached hydrogens (tertiary/aromatic N) is 4.